The SMILES string of the molecule is CCCCC(CC)C([NH-])=O.C[Si]C.[Cl][Ti][Cl].c1ccc2[cH-]ccc2c1. The number of benzene rings is 1. The summed E-state index contributed by atoms with van der Waals surface area (Å²) in [5.74, 6) is -0.393. The average molecular weight is 434 g/mol. The Morgan fingerprint density at radius 3 is 2.24 bits per heavy atom. The molecule has 0 aliphatic carbocycles. The van der Waals surface area contributed by atoms with E-state index >= 15 is 0 Å². The summed E-state index contributed by atoms with van der Waals surface area (Å²) in [5.41, 5.74) is 6.87. The smallest absolute Gasteiger partial charge is 0.0809 e. The molecule has 2 radical (unpaired) electrons. The van der Waals surface area contributed by atoms with E-state index in [-0.39, 0.29) is 5.92 Å². The molecule has 0 aliphatic heterocycles. The molecule has 0 spiro atoms. The number of amides is 1. The fourth-order valence-electron chi connectivity index (χ4n) is 2.04. The summed E-state index contributed by atoms with van der Waals surface area (Å²) >= 11 is -0.556. The van der Waals surface area contributed by atoms with Gasteiger partial charge in [0.25, 0.3) is 0 Å². The Kier molecular flexibility index (Phi) is 21.8. The van der Waals surface area contributed by atoms with Gasteiger partial charge in [-0.1, -0.05) is 45.8 Å². The second kappa shape index (κ2) is 20.1. The van der Waals surface area contributed by atoms with Crippen LogP contribution in [0, 0.1) is 5.92 Å². The molecule has 2 aromatic carbocycles. The van der Waals surface area contributed by atoms with E-state index < -0.39 is 22.9 Å². The second-order valence-corrected chi connectivity index (χ2v) is 8.92. The van der Waals surface area contributed by atoms with Crippen molar-refractivity contribution in [3.8, 4) is 0 Å². The Morgan fingerprint density at radius 2 is 1.80 bits per heavy atom. The summed E-state index contributed by atoms with van der Waals surface area (Å²) in [6, 6.07) is 14.7. The molecular formula is C19H29Cl2NOSiTi-2. The van der Waals surface area contributed by atoms with Crippen molar-refractivity contribution >= 4 is 44.8 Å². The van der Waals surface area contributed by atoms with Crippen LogP contribution >= 0.6 is 18.6 Å². The van der Waals surface area contributed by atoms with Crippen LogP contribution in [0.4, 0.5) is 0 Å². The van der Waals surface area contributed by atoms with E-state index in [0.29, 0.717) is 0 Å². The molecular weight excluding hydrogens is 405 g/mol. The minimum Gasteiger partial charge on any atom is -0.168 e. The maximum absolute atomic E-state index is 10.5. The Labute approximate surface area is 172 Å². The van der Waals surface area contributed by atoms with Gasteiger partial charge in [0.15, 0.2) is 0 Å². The predicted molar refractivity (Wildman–Crippen MR) is 111 cm³/mol. The number of hydrogen-bond acceptors (Lipinski definition) is 1. The van der Waals surface area contributed by atoms with Crippen LogP contribution in [0.25, 0.3) is 16.5 Å². The predicted octanol–water partition coefficient (Wildman–Crippen LogP) is 7.50. The van der Waals surface area contributed by atoms with Gasteiger partial charge in [0.1, 0.15) is 0 Å². The van der Waals surface area contributed by atoms with Gasteiger partial charge >= 0.3 is 35.6 Å². The van der Waals surface area contributed by atoms with Gasteiger partial charge in [0.05, 0.1) is 5.91 Å². The molecule has 6 heteroatoms. The number of fused-ring (bicyclic) bond motifs is 1. The van der Waals surface area contributed by atoms with Crippen LogP contribution in [0.3, 0.4) is 0 Å². The van der Waals surface area contributed by atoms with Gasteiger partial charge in [0, 0.05) is 9.52 Å². The monoisotopic (exact) mass is 433 g/mol. The van der Waals surface area contributed by atoms with Gasteiger partial charge < -0.3 is 10.5 Å². The molecule has 0 heterocycles. The van der Waals surface area contributed by atoms with Crippen molar-refractivity contribution in [2.24, 2.45) is 5.92 Å². The van der Waals surface area contributed by atoms with Gasteiger partial charge in [-0.3, -0.25) is 0 Å². The molecule has 1 atom stereocenters. The van der Waals surface area contributed by atoms with Crippen LogP contribution in [0.2, 0.25) is 13.1 Å². The standard InChI is InChI=1S/C9H7.C8H17NO.C2H6Si.2ClH.Ti/c1-2-5-9-7-3-6-8(9)4-1;1-3-5-6-7(4-2)8(9)10;1-3-2;;;/h1-7H;7H,3-6H2,1-2H3,(H2,9,10);1-2H3;2*1H;/q-1;;;;;+2/p-3. The van der Waals surface area contributed by atoms with Crippen LogP contribution < -0.4 is 0 Å². The summed E-state index contributed by atoms with van der Waals surface area (Å²) < 4.78 is 0. The van der Waals surface area contributed by atoms with Crippen LogP contribution in [-0.2, 0) is 21.8 Å². The minimum absolute atomic E-state index is 0.0000463. The van der Waals surface area contributed by atoms with E-state index in [1.165, 1.54) is 10.8 Å². The third kappa shape index (κ3) is 15.8. The quantitative estimate of drug-likeness (QED) is 0.355. The first-order chi connectivity index (χ1) is 12.0. The van der Waals surface area contributed by atoms with E-state index in [1.54, 1.807) is 0 Å². The molecule has 2 aromatic rings. The number of halogens is 2. The number of unbranched alkanes of at least 4 members (excludes halogenated alkanes) is 1. The van der Waals surface area contributed by atoms with Crippen LogP contribution in [0.5, 0.6) is 0 Å². The zero-order chi connectivity index (χ0) is 19.5. The molecule has 0 aliphatic rings. The molecule has 0 aromatic heterocycles. The topological polar surface area (TPSA) is 40.9 Å². The summed E-state index contributed by atoms with van der Waals surface area (Å²) in [6.07, 6.45) is 3.91. The zero-order valence-corrected chi connectivity index (χ0v) is 19.7. The molecule has 0 saturated heterocycles. The number of carbonyl (C=O) groups is 1. The van der Waals surface area contributed by atoms with Crippen LogP contribution in [0.15, 0.2) is 42.5 Å². The third-order valence-electron chi connectivity index (χ3n) is 3.32. The normalized spacial score (nSPS) is 10.2. The van der Waals surface area contributed by atoms with Gasteiger partial charge in [-0.2, -0.15) is 17.5 Å². The summed E-state index contributed by atoms with van der Waals surface area (Å²) in [4.78, 5) is 10.5. The largest absolute Gasteiger partial charge is 0.168 e. The molecule has 2 rings (SSSR count). The molecule has 2 nitrogen and oxygen atoms in total. The summed E-state index contributed by atoms with van der Waals surface area (Å²) in [6.45, 7) is 8.37. The van der Waals surface area contributed by atoms with Crippen molar-refractivity contribution in [2.45, 2.75) is 52.6 Å². The number of nitrogens with one attached hydrogen (secondary N) is 1. The van der Waals surface area contributed by atoms with E-state index in [1.807, 2.05) is 6.92 Å². The Hall–Kier alpha value is -0.189. The third-order valence-corrected chi connectivity index (χ3v) is 3.32. The molecule has 1 amide bonds. The van der Waals surface area contributed by atoms with Crippen molar-refractivity contribution < 1.29 is 21.8 Å². The van der Waals surface area contributed by atoms with Gasteiger partial charge in [0.2, 0.25) is 0 Å². The molecule has 1 unspecified atom stereocenters. The average Bonchev–Trinajstić information content (AvgIpc) is 3.06. The Balaban J connectivity index is 0. The van der Waals surface area contributed by atoms with Gasteiger partial charge in [-0.25, -0.2) is 0 Å². The molecule has 0 bridgehead atoms. The van der Waals surface area contributed by atoms with Gasteiger partial charge in [-0.15, -0.1) is 29.7 Å². The van der Waals surface area contributed by atoms with Crippen molar-refractivity contribution in [3.05, 3.63) is 48.2 Å². The van der Waals surface area contributed by atoms with Gasteiger partial charge in [-0.05, 0) is 18.8 Å². The first kappa shape index (κ1) is 27.0. The number of hydrogen-bond donors (Lipinski definition) is 0. The zero-order valence-electron chi connectivity index (χ0n) is 15.6. The maximum atomic E-state index is 10.5. The number of rotatable bonds is 5. The van der Waals surface area contributed by atoms with E-state index in [4.69, 9.17) is 24.3 Å². The Morgan fingerprint density at radius 1 is 1.24 bits per heavy atom. The van der Waals surface area contributed by atoms with Crippen molar-refractivity contribution in [1.82, 2.24) is 0 Å². The van der Waals surface area contributed by atoms with E-state index in [2.05, 4.69) is 62.5 Å². The fourth-order valence-corrected chi connectivity index (χ4v) is 2.04. The Bertz CT molecular complexity index is 505. The summed E-state index contributed by atoms with van der Waals surface area (Å²) in [5, 5.41) is 2.66. The number of carbonyl (C=O) groups excluding carboxylic acids is 1. The van der Waals surface area contributed by atoms with E-state index in [0.717, 1.165) is 35.2 Å². The molecule has 1 N–H and O–H groups in total. The van der Waals surface area contributed by atoms with Crippen LogP contribution in [0.1, 0.15) is 39.5 Å². The second-order valence-electron chi connectivity index (χ2n) is 5.34. The van der Waals surface area contributed by atoms with Crippen molar-refractivity contribution in [3.63, 3.8) is 0 Å². The summed E-state index contributed by atoms with van der Waals surface area (Å²) in [7, 11) is 10.9. The molecule has 140 valence electrons. The van der Waals surface area contributed by atoms with Crippen molar-refractivity contribution in [1.29, 1.82) is 0 Å². The van der Waals surface area contributed by atoms with E-state index in [9.17, 15) is 4.79 Å². The fraction of sp³-hybridized carbons (Fsp3) is 0.474. The molecule has 25 heavy (non-hydrogen) atoms. The van der Waals surface area contributed by atoms with Crippen molar-refractivity contribution in [2.75, 3.05) is 0 Å². The molecule has 0 fully saturated rings. The maximum Gasteiger partial charge on any atom is -0.0809 e. The molecule has 0 saturated carbocycles. The minimum atomic E-state index is -0.556. The first-order valence-corrected chi connectivity index (χ1v) is 14.7. The van der Waals surface area contributed by atoms with Crippen LogP contribution in [-0.4, -0.2) is 15.4 Å². The first-order valence-electron chi connectivity index (χ1n) is 8.42.